The maximum Gasteiger partial charge on any atom is 0.417 e. The van der Waals surface area contributed by atoms with Crippen molar-refractivity contribution in [1.29, 1.82) is 0 Å². The molecule has 2 atom stereocenters. The molecule has 0 N–H and O–H groups in total. The lowest BCUT2D eigenvalue weighted by Gasteiger charge is -2.24. The van der Waals surface area contributed by atoms with E-state index in [-0.39, 0.29) is 39.9 Å². The Labute approximate surface area is 133 Å². The predicted octanol–water partition coefficient (Wildman–Crippen LogP) is 2.62. The van der Waals surface area contributed by atoms with Crippen molar-refractivity contribution in [2.45, 2.75) is 18.6 Å². The normalized spacial score (nSPS) is 27.3. The van der Waals surface area contributed by atoms with E-state index in [0.717, 1.165) is 6.07 Å². The highest BCUT2D eigenvalue weighted by atomic mass is 79.9. The highest BCUT2D eigenvalue weighted by Gasteiger charge is 2.49. The van der Waals surface area contributed by atoms with Crippen molar-refractivity contribution in [1.82, 2.24) is 0 Å². The van der Waals surface area contributed by atoms with Gasteiger partial charge in [-0.3, -0.25) is 4.79 Å². The highest BCUT2D eigenvalue weighted by molar-refractivity contribution is 9.10. The zero-order valence-corrected chi connectivity index (χ0v) is 13.5. The fourth-order valence-corrected chi connectivity index (χ4v) is 5.65. The molecule has 0 spiro atoms. The summed E-state index contributed by atoms with van der Waals surface area (Å²) >= 11 is 2.85. The Kier molecular flexibility index (Phi) is 3.56. The second-order valence-electron chi connectivity index (χ2n) is 5.53. The van der Waals surface area contributed by atoms with Gasteiger partial charge in [-0.1, -0.05) is 15.9 Å². The maximum atomic E-state index is 13.0. The van der Waals surface area contributed by atoms with E-state index in [0.29, 0.717) is 0 Å². The van der Waals surface area contributed by atoms with Gasteiger partial charge in [0.1, 0.15) is 0 Å². The first-order chi connectivity index (χ1) is 10.1. The first kappa shape index (κ1) is 15.8. The summed E-state index contributed by atoms with van der Waals surface area (Å²) < 4.78 is 62.2. The molecule has 1 aromatic rings. The van der Waals surface area contributed by atoms with E-state index in [1.807, 2.05) is 0 Å². The van der Waals surface area contributed by atoms with E-state index in [1.165, 1.54) is 17.0 Å². The van der Waals surface area contributed by atoms with Crippen LogP contribution in [0.2, 0.25) is 0 Å². The van der Waals surface area contributed by atoms with Crippen LogP contribution in [0.15, 0.2) is 22.7 Å². The molecule has 0 aromatic heterocycles. The van der Waals surface area contributed by atoms with Gasteiger partial charge in [0, 0.05) is 22.5 Å². The van der Waals surface area contributed by atoms with Crippen molar-refractivity contribution in [2.24, 2.45) is 5.92 Å². The van der Waals surface area contributed by atoms with Crippen LogP contribution in [0.1, 0.15) is 12.0 Å². The second kappa shape index (κ2) is 4.95. The fraction of sp³-hybridized carbons (Fsp3) is 0.462. The van der Waals surface area contributed by atoms with Gasteiger partial charge in [-0.2, -0.15) is 13.2 Å². The van der Waals surface area contributed by atoms with Gasteiger partial charge in [0.15, 0.2) is 9.84 Å². The lowest BCUT2D eigenvalue weighted by Crippen LogP contribution is -2.36. The Balaban J connectivity index is 2.02. The number of rotatable bonds is 1. The SMILES string of the molecule is O=C1C[C@H]2CS(=O)(=O)C[C@H]2N1c1ccc(Br)c(C(F)(F)F)c1. The number of hydrogen-bond acceptors (Lipinski definition) is 3. The zero-order chi connectivity index (χ0) is 16.3. The minimum atomic E-state index is -4.56. The molecule has 2 saturated heterocycles. The Bertz CT molecular complexity index is 747. The third kappa shape index (κ3) is 2.64. The minimum Gasteiger partial charge on any atom is -0.308 e. The monoisotopic (exact) mass is 397 g/mol. The maximum absolute atomic E-state index is 13.0. The average molecular weight is 398 g/mol. The molecule has 2 fully saturated rings. The summed E-state index contributed by atoms with van der Waals surface area (Å²) in [6.07, 6.45) is -4.50. The molecule has 0 saturated carbocycles. The summed E-state index contributed by atoms with van der Waals surface area (Å²) in [4.78, 5) is 13.3. The largest absolute Gasteiger partial charge is 0.417 e. The summed E-state index contributed by atoms with van der Waals surface area (Å²) in [6, 6.07) is 2.93. The number of fused-ring (bicyclic) bond motifs is 1. The molecular weight excluding hydrogens is 387 g/mol. The molecule has 22 heavy (non-hydrogen) atoms. The molecule has 4 nitrogen and oxygen atoms in total. The molecule has 2 heterocycles. The number of carbonyl (C=O) groups is 1. The van der Waals surface area contributed by atoms with E-state index in [2.05, 4.69) is 15.9 Å². The van der Waals surface area contributed by atoms with Crippen molar-refractivity contribution in [3.05, 3.63) is 28.2 Å². The van der Waals surface area contributed by atoms with Crippen LogP contribution in [0, 0.1) is 5.92 Å². The quantitative estimate of drug-likeness (QED) is 0.731. The number of carbonyl (C=O) groups excluding carboxylic acids is 1. The van der Waals surface area contributed by atoms with E-state index in [9.17, 15) is 26.4 Å². The number of benzene rings is 1. The second-order valence-corrected chi connectivity index (χ2v) is 8.54. The molecule has 1 amide bonds. The van der Waals surface area contributed by atoms with Crippen LogP contribution in [0.3, 0.4) is 0 Å². The van der Waals surface area contributed by atoms with E-state index in [4.69, 9.17) is 0 Å². The van der Waals surface area contributed by atoms with Gasteiger partial charge in [0.25, 0.3) is 0 Å². The molecule has 3 rings (SSSR count). The summed E-state index contributed by atoms with van der Waals surface area (Å²) in [7, 11) is -3.24. The number of anilines is 1. The van der Waals surface area contributed by atoms with Gasteiger partial charge in [0.2, 0.25) is 5.91 Å². The van der Waals surface area contributed by atoms with Gasteiger partial charge in [0.05, 0.1) is 23.1 Å². The lowest BCUT2D eigenvalue weighted by molar-refractivity contribution is -0.138. The predicted molar refractivity (Wildman–Crippen MR) is 77.2 cm³/mol. The molecule has 0 radical (unpaired) electrons. The third-order valence-corrected chi connectivity index (χ3v) is 6.48. The van der Waals surface area contributed by atoms with Crippen molar-refractivity contribution in [2.75, 3.05) is 16.4 Å². The van der Waals surface area contributed by atoms with E-state index in [1.54, 1.807) is 0 Å². The first-order valence-electron chi connectivity index (χ1n) is 6.48. The number of amides is 1. The average Bonchev–Trinajstić information content (AvgIpc) is 2.79. The van der Waals surface area contributed by atoms with Crippen molar-refractivity contribution in [3.63, 3.8) is 0 Å². The van der Waals surface area contributed by atoms with Crippen molar-refractivity contribution in [3.8, 4) is 0 Å². The van der Waals surface area contributed by atoms with Crippen LogP contribution in [0.5, 0.6) is 0 Å². The molecule has 0 unspecified atom stereocenters. The highest BCUT2D eigenvalue weighted by Crippen LogP contribution is 2.41. The Hall–Kier alpha value is -1.09. The van der Waals surface area contributed by atoms with E-state index < -0.39 is 27.6 Å². The molecule has 0 aliphatic carbocycles. The lowest BCUT2D eigenvalue weighted by atomic mass is 10.0. The Morgan fingerprint density at radius 2 is 1.91 bits per heavy atom. The molecule has 2 aliphatic rings. The smallest absolute Gasteiger partial charge is 0.308 e. The van der Waals surface area contributed by atoms with Gasteiger partial charge in [-0.05, 0) is 18.2 Å². The fourth-order valence-electron chi connectivity index (χ4n) is 3.11. The third-order valence-electron chi connectivity index (χ3n) is 4.01. The van der Waals surface area contributed by atoms with Gasteiger partial charge >= 0.3 is 6.18 Å². The topological polar surface area (TPSA) is 54.5 Å². The molecular formula is C13H11BrF3NO3S. The Morgan fingerprint density at radius 1 is 1.23 bits per heavy atom. The number of halogens is 4. The van der Waals surface area contributed by atoms with Gasteiger partial charge in [-0.15, -0.1) is 0 Å². The molecule has 1 aromatic carbocycles. The first-order valence-corrected chi connectivity index (χ1v) is 9.09. The molecule has 9 heteroatoms. The van der Waals surface area contributed by atoms with Crippen LogP contribution in [-0.4, -0.2) is 31.9 Å². The number of hydrogen-bond donors (Lipinski definition) is 0. The van der Waals surface area contributed by atoms with Crippen molar-refractivity contribution >= 4 is 37.4 Å². The summed E-state index contributed by atoms with van der Waals surface area (Å²) in [5.74, 6) is -0.945. The van der Waals surface area contributed by atoms with Gasteiger partial charge < -0.3 is 4.90 Å². The summed E-state index contributed by atoms with van der Waals surface area (Å²) in [5, 5.41) is 0. The summed E-state index contributed by atoms with van der Waals surface area (Å²) in [6.45, 7) is 0. The van der Waals surface area contributed by atoms with Crippen LogP contribution in [-0.2, 0) is 20.8 Å². The van der Waals surface area contributed by atoms with Crippen LogP contribution in [0.25, 0.3) is 0 Å². The molecule has 2 aliphatic heterocycles. The van der Waals surface area contributed by atoms with E-state index >= 15 is 0 Å². The van der Waals surface area contributed by atoms with Gasteiger partial charge in [-0.25, -0.2) is 8.42 Å². The Morgan fingerprint density at radius 3 is 2.55 bits per heavy atom. The zero-order valence-electron chi connectivity index (χ0n) is 11.1. The van der Waals surface area contributed by atoms with Crippen molar-refractivity contribution < 1.29 is 26.4 Å². The van der Waals surface area contributed by atoms with Crippen LogP contribution < -0.4 is 4.90 Å². The summed E-state index contributed by atoms with van der Waals surface area (Å²) in [5.41, 5.74) is -0.799. The number of sulfone groups is 1. The number of nitrogens with zero attached hydrogens (tertiary/aromatic N) is 1. The minimum absolute atomic E-state index is 0.0569. The molecule has 0 bridgehead atoms. The standard InChI is InChI=1S/C13H11BrF3NO3S/c14-10-2-1-8(4-9(10)13(15,16)17)18-11-6-22(20,21)5-7(11)3-12(18)19/h1-2,4,7,11H,3,5-6H2/t7-,11+/m0/s1. The van der Waals surface area contributed by atoms with Crippen LogP contribution >= 0.6 is 15.9 Å². The van der Waals surface area contributed by atoms with Crippen LogP contribution in [0.4, 0.5) is 18.9 Å². The number of alkyl halides is 3. The molecule has 120 valence electrons.